The lowest BCUT2D eigenvalue weighted by Gasteiger charge is -2.36. The second kappa shape index (κ2) is 11.0. The van der Waals surface area contributed by atoms with E-state index in [-0.39, 0.29) is 11.8 Å². The molecule has 7 heteroatoms. The number of hydrogen-bond donors (Lipinski definition) is 1. The van der Waals surface area contributed by atoms with Gasteiger partial charge in [-0.15, -0.1) is 0 Å². The van der Waals surface area contributed by atoms with Gasteiger partial charge >= 0.3 is 0 Å². The van der Waals surface area contributed by atoms with E-state index in [1.807, 2.05) is 53.4 Å². The highest BCUT2D eigenvalue weighted by molar-refractivity contribution is 6.04. The van der Waals surface area contributed by atoms with E-state index in [1.165, 1.54) is 5.56 Å². The van der Waals surface area contributed by atoms with Gasteiger partial charge in [-0.1, -0.05) is 19.1 Å². The second-order valence-corrected chi connectivity index (χ2v) is 8.43. The standard InChI is InChI=1S/C28H31N3O4/c1-4-20-5-7-21(8-6-20)28(33)31-15-13-30(14-16-31)24-11-9-23(10-12-24)29-27(32)22-17-25(34-2)19-26(18-22)35-3/h5-12,17-19H,4,13-16H2,1-3H3,(H,29,32). The number of nitrogens with one attached hydrogen (secondary N) is 1. The summed E-state index contributed by atoms with van der Waals surface area (Å²) in [6.07, 6.45) is 0.964. The molecule has 182 valence electrons. The van der Waals surface area contributed by atoms with Gasteiger partial charge < -0.3 is 24.6 Å². The Kier molecular flexibility index (Phi) is 7.55. The summed E-state index contributed by atoms with van der Waals surface area (Å²) in [6.45, 7) is 4.96. The summed E-state index contributed by atoms with van der Waals surface area (Å²) < 4.78 is 10.5. The first-order valence-corrected chi connectivity index (χ1v) is 11.8. The van der Waals surface area contributed by atoms with Gasteiger partial charge in [-0.2, -0.15) is 0 Å². The number of nitrogens with zero attached hydrogens (tertiary/aromatic N) is 2. The Bertz CT molecular complexity index is 1150. The summed E-state index contributed by atoms with van der Waals surface area (Å²) in [6, 6.07) is 20.7. The Morgan fingerprint density at radius 1 is 0.800 bits per heavy atom. The van der Waals surface area contributed by atoms with Crippen LogP contribution in [0.3, 0.4) is 0 Å². The minimum Gasteiger partial charge on any atom is -0.497 e. The molecule has 1 heterocycles. The summed E-state index contributed by atoms with van der Waals surface area (Å²) in [5, 5.41) is 2.92. The first-order valence-electron chi connectivity index (χ1n) is 11.8. The number of hydrogen-bond acceptors (Lipinski definition) is 5. The molecule has 0 radical (unpaired) electrons. The number of aryl methyl sites for hydroxylation is 1. The van der Waals surface area contributed by atoms with Crippen LogP contribution >= 0.6 is 0 Å². The van der Waals surface area contributed by atoms with Crippen LogP contribution in [-0.2, 0) is 6.42 Å². The average Bonchev–Trinajstić information content (AvgIpc) is 2.92. The fourth-order valence-electron chi connectivity index (χ4n) is 4.13. The third-order valence-electron chi connectivity index (χ3n) is 6.28. The number of amides is 2. The number of carbonyl (C=O) groups is 2. The minimum atomic E-state index is -0.242. The zero-order valence-electron chi connectivity index (χ0n) is 20.4. The molecule has 1 N–H and O–H groups in total. The molecule has 1 fully saturated rings. The molecule has 0 atom stereocenters. The Labute approximate surface area is 206 Å². The average molecular weight is 474 g/mol. The van der Waals surface area contributed by atoms with Crippen LogP contribution in [0.1, 0.15) is 33.2 Å². The molecule has 7 nitrogen and oxygen atoms in total. The first kappa shape index (κ1) is 24.1. The van der Waals surface area contributed by atoms with Crippen molar-refractivity contribution < 1.29 is 19.1 Å². The van der Waals surface area contributed by atoms with Gasteiger partial charge in [-0.25, -0.2) is 0 Å². The second-order valence-electron chi connectivity index (χ2n) is 8.43. The van der Waals surface area contributed by atoms with Crippen molar-refractivity contribution >= 4 is 23.2 Å². The van der Waals surface area contributed by atoms with Gasteiger partial charge in [0.2, 0.25) is 0 Å². The van der Waals surface area contributed by atoms with E-state index in [2.05, 4.69) is 17.1 Å². The molecule has 0 aromatic heterocycles. The fourth-order valence-corrected chi connectivity index (χ4v) is 4.13. The molecule has 1 aliphatic heterocycles. The monoisotopic (exact) mass is 473 g/mol. The molecule has 0 saturated carbocycles. The largest absolute Gasteiger partial charge is 0.497 e. The lowest BCUT2D eigenvalue weighted by atomic mass is 10.1. The van der Waals surface area contributed by atoms with Gasteiger partial charge in [0.1, 0.15) is 11.5 Å². The number of anilines is 2. The fraction of sp³-hybridized carbons (Fsp3) is 0.286. The summed E-state index contributed by atoms with van der Waals surface area (Å²) in [5.41, 5.74) is 4.18. The van der Waals surface area contributed by atoms with Crippen molar-refractivity contribution in [3.8, 4) is 11.5 Å². The van der Waals surface area contributed by atoms with Crippen LogP contribution in [0.5, 0.6) is 11.5 Å². The van der Waals surface area contributed by atoms with Gasteiger partial charge in [-0.05, 0) is 60.5 Å². The maximum atomic E-state index is 12.8. The molecule has 0 spiro atoms. The van der Waals surface area contributed by atoms with Crippen molar-refractivity contribution in [2.24, 2.45) is 0 Å². The van der Waals surface area contributed by atoms with Crippen LogP contribution in [0, 0.1) is 0 Å². The number of carbonyl (C=O) groups excluding carboxylic acids is 2. The number of ether oxygens (including phenoxy) is 2. The van der Waals surface area contributed by atoms with Crippen molar-refractivity contribution in [1.82, 2.24) is 4.90 Å². The predicted molar refractivity (Wildman–Crippen MR) is 138 cm³/mol. The summed E-state index contributed by atoms with van der Waals surface area (Å²) in [4.78, 5) is 29.7. The molecule has 35 heavy (non-hydrogen) atoms. The summed E-state index contributed by atoms with van der Waals surface area (Å²) in [5.74, 6) is 0.953. The third kappa shape index (κ3) is 5.74. The van der Waals surface area contributed by atoms with Crippen molar-refractivity contribution in [3.05, 3.63) is 83.4 Å². The van der Waals surface area contributed by atoms with Gasteiger partial charge in [0.25, 0.3) is 11.8 Å². The highest BCUT2D eigenvalue weighted by atomic mass is 16.5. The quantitative estimate of drug-likeness (QED) is 0.548. The minimum absolute atomic E-state index is 0.0829. The number of piperazine rings is 1. The Balaban J connectivity index is 1.34. The molecule has 3 aromatic carbocycles. The van der Waals surface area contributed by atoms with Gasteiger partial charge in [0, 0.05) is 54.7 Å². The van der Waals surface area contributed by atoms with Crippen LogP contribution in [0.4, 0.5) is 11.4 Å². The molecule has 0 aliphatic carbocycles. The number of benzene rings is 3. The van der Waals surface area contributed by atoms with Gasteiger partial charge in [0.15, 0.2) is 0 Å². The number of methoxy groups -OCH3 is 2. The normalized spacial score (nSPS) is 13.3. The SMILES string of the molecule is CCc1ccc(C(=O)N2CCN(c3ccc(NC(=O)c4cc(OC)cc(OC)c4)cc3)CC2)cc1. The van der Waals surface area contributed by atoms with E-state index < -0.39 is 0 Å². The zero-order chi connectivity index (χ0) is 24.8. The third-order valence-corrected chi connectivity index (χ3v) is 6.28. The van der Waals surface area contributed by atoms with Crippen LogP contribution in [0.25, 0.3) is 0 Å². The van der Waals surface area contributed by atoms with E-state index >= 15 is 0 Å². The molecule has 3 aromatic rings. The summed E-state index contributed by atoms with van der Waals surface area (Å²) >= 11 is 0. The predicted octanol–water partition coefficient (Wildman–Crippen LogP) is 4.48. The molecule has 0 bridgehead atoms. The number of rotatable bonds is 7. The van der Waals surface area contributed by atoms with Gasteiger partial charge in [-0.3, -0.25) is 9.59 Å². The molecule has 1 saturated heterocycles. The van der Waals surface area contributed by atoms with Crippen LogP contribution in [0.15, 0.2) is 66.7 Å². The Morgan fingerprint density at radius 3 is 1.94 bits per heavy atom. The van der Waals surface area contributed by atoms with Gasteiger partial charge in [0.05, 0.1) is 14.2 Å². The van der Waals surface area contributed by atoms with Crippen molar-refractivity contribution in [1.29, 1.82) is 0 Å². The van der Waals surface area contributed by atoms with Crippen molar-refractivity contribution in [2.45, 2.75) is 13.3 Å². The molecule has 1 aliphatic rings. The molecule has 2 amide bonds. The topological polar surface area (TPSA) is 71.1 Å². The van der Waals surface area contributed by atoms with Crippen LogP contribution in [0.2, 0.25) is 0 Å². The van der Waals surface area contributed by atoms with Crippen molar-refractivity contribution in [2.75, 3.05) is 50.6 Å². The molecule has 0 unspecified atom stereocenters. The molecular formula is C28H31N3O4. The highest BCUT2D eigenvalue weighted by Crippen LogP contribution is 2.24. The highest BCUT2D eigenvalue weighted by Gasteiger charge is 2.22. The van der Waals surface area contributed by atoms with E-state index in [0.29, 0.717) is 35.8 Å². The summed E-state index contributed by atoms with van der Waals surface area (Å²) in [7, 11) is 3.10. The molecular weight excluding hydrogens is 442 g/mol. The van der Waals surface area contributed by atoms with Crippen LogP contribution in [-0.4, -0.2) is 57.1 Å². The maximum Gasteiger partial charge on any atom is 0.255 e. The smallest absolute Gasteiger partial charge is 0.255 e. The Morgan fingerprint density at radius 2 is 1.40 bits per heavy atom. The maximum absolute atomic E-state index is 12.8. The van der Waals surface area contributed by atoms with E-state index in [1.54, 1.807) is 32.4 Å². The molecule has 4 rings (SSSR count). The van der Waals surface area contributed by atoms with Crippen molar-refractivity contribution in [3.63, 3.8) is 0 Å². The first-order chi connectivity index (χ1) is 17.0. The zero-order valence-corrected chi connectivity index (χ0v) is 20.4. The Hall–Kier alpha value is -4.00. The lowest BCUT2D eigenvalue weighted by molar-refractivity contribution is 0.0746. The van der Waals surface area contributed by atoms with Crippen LogP contribution < -0.4 is 19.7 Å². The van der Waals surface area contributed by atoms with E-state index in [0.717, 1.165) is 30.8 Å². The lowest BCUT2D eigenvalue weighted by Crippen LogP contribution is -2.48. The van der Waals surface area contributed by atoms with E-state index in [9.17, 15) is 9.59 Å². The van der Waals surface area contributed by atoms with E-state index in [4.69, 9.17) is 9.47 Å².